The lowest BCUT2D eigenvalue weighted by Crippen LogP contribution is -2.14. The predicted octanol–water partition coefficient (Wildman–Crippen LogP) is 3.32. The second-order valence-electron chi connectivity index (χ2n) is 3.81. The van der Waals surface area contributed by atoms with E-state index in [0.717, 1.165) is 12.1 Å². The maximum absolute atomic E-state index is 13.5. The van der Waals surface area contributed by atoms with Crippen molar-refractivity contribution in [2.45, 2.75) is 24.9 Å². The molecule has 19 heavy (non-hydrogen) atoms. The lowest BCUT2D eigenvalue weighted by Gasteiger charge is -2.16. The van der Waals surface area contributed by atoms with Crippen molar-refractivity contribution in [2.24, 2.45) is 0 Å². The summed E-state index contributed by atoms with van der Waals surface area (Å²) in [4.78, 5) is 10.4. The Morgan fingerprint density at radius 1 is 1.42 bits per heavy atom. The molecule has 0 radical (unpaired) electrons. The summed E-state index contributed by atoms with van der Waals surface area (Å²) in [7, 11) is 0. The minimum absolute atomic E-state index is 0.379. The van der Waals surface area contributed by atoms with E-state index in [2.05, 4.69) is 0 Å². The van der Waals surface area contributed by atoms with E-state index in [1.807, 2.05) is 0 Å². The fourth-order valence-electron chi connectivity index (χ4n) is 1.68. The monoisotopic (exact) mass is 275 g/mol. The zero-order valence-electron chi connectivity index (χ0n) is 9.54. The molecule has 3 nitrogen and oxygen atoms in total. The number of carbonyl (C=O) groups is 1. The highest BCUT2D eigenvalue weighted by molar-refractivity contribution is 5.66. The summed E-state index contributed by atoms with van der Waals surface area (Å²) >= 11 is 0. The molecule has 0 amide bonds. The molecule has 0 heterocycles. The van der Waals surface area contributed by atoms with E-state index >= 15 is 0 Å². The van der Waals surface area contributed by atoms with E-state index < -0.39 is 41.4 Å². The number of aliphatic carboxylic acids is 1. The highest BCUT2D eigenvalue weighted by Crippen LogP contribution is 2.37. The van der Waals surface area contributed by atoms with Crippen LogP contribution >= 0.6 is 0 Å². The van der Waals surface area contributed by atoms with Crippen LogP contribution in [0.4, 0.5) is 17.6 Å². The van der Waals surface area contributed by atoms with Gasteiger partial charge in [0.15, 0.2) is 0 Å². The van der Waals surface area contributed by atoms with Crippen molar-refractivity contribution in [2.75, 3.05) is 0 Å². The highest BCUT2D eigenvalue weighted by Gasteiger charge is 2.36. The van der Waals surface area contributed by atoms with E-state index in [4.69, 9.17) is 10.4 Å². The number of hydrogen-bond donors (Lipinski definition) is 1. The largest absolute Gasteiger partial charge is 0.481 e. The van der Waals surface area contributed by atoms with Crippen LogP contribution in [-0.4, -0.2) is 11.1 Å². The molecule has 1 atom stereocenters. The van der Waals surface area contributed by atoms with Crippen molar-refractivity contribution in [3.05, 3.63) is 35.1 Å². The van der Waals surface area contributed by atoms with Crippen molar-refractivity contribution in [3.8, 4) is 6.07 Å². The fraction of sp³-hybridized carbons (Fsp3) is 0.333. The summed E-state index contributed by atoms with van der Waals surface area (Å²) in [5.74, 6) is -3.87. The first-order valence-corrected chi connectivity index (χ1v) is 5.24. The van der Waals surface area contributed by atoms with Crippen LogP contribution in [0.3, 0.4) is 0 Å². The molecule has 0 aliphatic rings. The molecule has 102 valence electrons. The van der Waals surface area contributed by atoms with Gasteiger partial charge in [0.05, 0.1) is 17.6 Å². The van der Waals surface area contributed by atoms with E-state index in [1.165, 1.54) is 6.07 Å². The molecule has 1 N–H and O–H groups in total. The SMILES string of the molecule is N#CC(CCC(=O)O)c1c(F)cccc1C(F)(F)F. The minimum atomic E-state index is -4.80. The molecular formula is C12H9F4NO2. The van der Waals surface area contributed by atoms with E-state index in [9.17, 15) is 22.4 Å². The second-order valence-corrected chi connectivity index (χ2v) is 3.81. The van der Waals surface area contributed by atoms with Crippen molar-refractivity contribution < 1.29 is 27.5 Å². The van der Waals surface area contributed by atoms with Crippen LogP contribution in [0.25, 0.3) is 0 Å². The average Bonchev–Trinajstić information content (AvgIpc) is 2.29. The Morgan fingerprint density at radius 2 is 2.05 bits per heavy atom. The molecular weight excluding hydrogens is 266 g/mol. The van der Waals surface area contributed by atoms with Gasteiger partial charge in [-0.2, -0.15) is 18.4 Å². The molecule has 0 spiro atoms. The number of nitriles is 1. The van der Waals surface area contributed by atoms with Gasteiger partial charge in [-0.25, -0.2) is 4.39 Å². The first kappa shape index (κ1) is 15.0. The minimum Gasteiger partial charge on any atom is -0.481 e. The smallest absolute Gasteiger partial charge is 0.416 e. The van der Waals surface area contributed by atoms with E-state index in [1.54, 1.807) is 0 Å². The standard InChI is InChI=1S/C12H9F4NO2/c13-9-3-1-2-8(12(14,15)16)11(9)7(6-17)4-5-10(18)19/h1-3,7H,4-5H2,(H,18,19). The number of hydrogen-bond acceptors (Lipinski definition) is 2. The number of carboxylic acid groups (broad SMARTS) is 1. The van der Waals surface area contributed by atoms with Crippen molar-refractivity contribution >= 4 is 5.97 Å². The Kier molecular flexibility index (Phi) is 4.48. The van der Waals surface area contributed by atoms with Crippen LogP contribution < -0.4 is 0 Å². The third-order valence-corrected chi connectivity index (χ3v) is 2.51. The number of benzene rings is 1. The molecule has 0 saturated carbocycles. The molecule has 1 unspecified atom stereocenters. The summed E-state index contributed by atoms with van der Waals surface area (Å²) in [6.07, 6.45) is -5.69. The Bertz CT molecular complexity index is 519. The van der Waals surface area contributed by atoms with Gasteiger partial charge in [-0.3, -0.25) is 4.79 Å². The lowest BCUT2D eigenvalue weighted by molar-refractivity contribution is -0.138. The topological polar surface area (TPSA) is 61.1 Å². The van der Waals surface area contributed by atoms with Crippen LogP contribution in [0.2, 0.25) is 0 Å². The molecule has 1 aromatic rings. The zero-order chi connectivity index (χ0) is 14.6. The first-order valence-electron chi connectivity index (χ1n) is 5.24. The maximum Gasteiger partial charge on any atom is 0.416 e. The third-order valence-electron chi connectivity index (χ3n) is 2.51. The van der Waals surface area contributed by atoms with Crippen molar-refractivity contribution in [1.82, 2.24) is 0 Å². The fourth-order valence-corrected chi connectivity index (χ4v) is 1.68. The molecule has 7 heteroatoms. The maximum atomic E-state index is 13.5. The van der Waals surface area contributed by atoms with Gasteiger partial charge in [-0.15, -0.1) is 0 Å². The molecule has 0 aromatic heterocycles. The van der Waals surface area contributed by atoms with Crippen molar-refractivity contribution in [1.29, 1.82) is 5.26 Å². The van der Waals surface area contributed by atoms with E-state index in [0.29, 0.717) is 6.07 Å². The van der Waals surface area contributed by atoms with Crippen LogP contribution in [0.1, 0.15) is 29.9 Å². The van der Waals surface area contributed by atoms with Crippen LogP contribution in [-0.2, 0) is 11.0 Å². The Balaban J connectivity index is 3.23. The van der Waals surface area contributed by atoms with Gasteiger partial charge >= 0.3 is 12.1 Å². The number of nitrogens with zero attached hydrogens (tertiary/aromatic N) is 1. The van der Waals surface area contributed by atoms with Gasteiger partial charge in [-0.05, 0) is 18.6 Å². The average molecular weight is 275 g/mol. The van der Waals surface area contributed by atoms with Gasteiger partial charge in [0.25, 0.3) is 0 Å². The molecule has 1 rings (SSSR count). The Morgan fingerprint density at radius 3 is 2.53 bits per heavy atom. The third kappa shape index (κ3) is 3.68. The van der Waals surface area contributed by atoms with Gasteiger partial charge in [0.1, 0.15) is 5.82 Å². The molecule has 0 aliphatic heterocycles. The van der Waals surface area contributed by atoms with Gasteiger partial charge in [-0.1, -0.05) is 6.07 Å². The van der Waals surface area contributed by atoms with Crippen molar-refractivity contribution in [3.63, 3.8) is 0 Å². The highest BCUT2D eigenvalue weighted by atomic mass is 19.4. The predicted molar refractivity (Wildman–Crippen MR) is 56.6 cm³/mol. The first-order chi connectivity index (χ1) is 8.77. The van der Waals surface area contributed by atoms with Crippen LogP contribution in [0.15, 0.2) is 18.2 Å². The molecule has 0 bridgehead atoms. The second kappa shape index (κ2) is 5.69. The lowest BCUT2D eigenvalue weighted by atomic mass is 9.90. The number of carboxylic acids is 1. The number of halogens is 4. The Labute approximate surface area is 106 Å². The molecule has 0 saturated heterocycles. The number of alkyl halides is 3. The summed E-state index contributed by atoms with van der Waals surface area (Å²) in [5.41, 5.74) is -2.04. The van der Waals surface area contributed by atoms with Crippen LogP contribution in [0, 0.1) is 17.1 Å². The number of rotatable bonds is 4. The summed E-state index contributed by atoms with van der Waals surface area (Å²) in [5, 5.41) is 17.3. The van der Waals surface area contributed by atoms with Gasteiger partial charge in [0, 0.05) is 12.0 Å². The normalized spacial score (nSPS) is 12.8. The quantitative estimate of drug-likeness (QED) is 0.857. The summed E-state index contributed by atoms with van der Waals surface area (Å²) < 4.78 is 51.7. The van der Waals surface area contributed by atoms with E-state index in [-0.39, 0.29) is 6.42 Å². The molecule has 0 fully saturated rings. The Hall–Kier alpha value is -2.10. The molecule has 1 aromatic carbocycles. The van der Waals surface area contributed by atoms with Gasteiger partial charge < -0.3 is 5.11 Å². The molecule has 0 aliphatic carbocycles. The summed E-state index contributed by atoms with van der Waals surface area (Å²) in [6.45, 7) is 0. The van der Waals surface area contributed by atoms with Crippen LogP contribution in [0.5, 0.6) is 0 Å². The van der Waals surface area contributed by atoms with Gasteiger partial charge in [0.2, 0.25) is 0 Å². The summed E-state index contributed by atoms with van der Waals surface area (Å²) in [6, 6.07) is 3.91. The zero-order valence-corrected chi connectivity index (χ0v) is 9.54.